The molecule has 12 heteroatoms. The van der Waals surface area contributed by atoms with Crippen molar-refractivity contribution in [3.05, 3.63) is 0 Å². The number of nitrogens with zero attached hydrogens (tertiary/aromatic N) is 1. The van der Waals surface area contributed by atoms with Crippen molar-refractivity contribution in [2.75, 3.05) is 52.0 Å². The highest BCUT2D eigenvalue weighted by molar-refractivity contribution is 8.13. The topological polar surface area (TPSA) is 120 Å². The fraction of sp³-hybridized carbons (Fsp3) is 0.778. The molecule has 0 aromatic carbocycles. The molecule has 0 bridgehead atoms. The minimum atomic E-state index is -1.06. The molecule has 0 aromatic heterocycles. The molecular weight excluding hydrogens is 436 g/mol. The Morgan fingerprint density at radius 3 is 2.43 bits per heavy atom. The van der Waals surface area contributed by atoms with Crippen LogP contribution in [0.4, 0.5) is 4.79 Å². The van der Waals surface area contributed by atoms with Gasteiger partial charge in [0, 0.05) is 32.3 Å². The van der Waals surface area contributed by atoms with Gasteiger partial charge in [-0.2, -0.15) is 12.6 Å². The van der Waals surface area contributed by atoms with Crippen LogP contribution in [0.25, 0.3) is 0 Å². The summed E-state index contributed by atoms with van der Waals surface area (Å²) in [6, 6.07) is -1.06. The van der Waals surface area contributed by atoms with E-state index in [9.17, 15) is 19.2 Å². The third-order valence-corrected chi connectivity index (χ3v) is 4.98. The van der Waals surface area contributed by atoms with Gasteiger partial charge >= 0.3 is 17.2 Å². The Kier molecular flexibility index (Phi) is 12.1. The Labute approximate surface area is 186 Å². The van der Waals surface area contributed by atoms with Crippen molar-refractivity contribution in [2.45, 2.75) is 38.0 Å². The van der Waals surface area contributed by atoms with Gasteiger partial charge in [0.15, 0.2) is 0 Å². The van der Waals surface area contributed by atoms with Crippen LogP contribution in [0.2, 0.25) is 0 Å². The maximum atomic E-state index is 12.4. The van der Waals surface area contributed by atoms with Gasteiger partial charge in [-0.25, -0.2) is 9.59 Å². The van der Waals surface area contributed by atoms with Crippen LogP contribution in [0.3, 0.4) is 0 Å². The van der Waals surface area contributed by atoms with E-state index in [0.717, 1.165) is 19.6 Å². The number of morpholine rings is 1. The molecule has 30 heavy (non-hydrogen) atoms. The third-order valence-electron chi connectivity index (χ3n) is 3.92. The highest BCUT2D eigenvalue weighted by Gasteiger charge is 2.30. The lowest BCUT2D eigenvalue weighted by Crippen LogP contribution is -2.49. The van der Waals surface area contributed by atoms with Crippen molar-refractivity contribution in [3.63, 3.8) is 0 Å². The molecule has 1 amide bonds. The first-order chi connectivity index (χ1) is 14.1. The molecule has 1 aliphatic heterocycles. The number of rotatable bonds is 11. The van der Waals surface area contributed by atoms with E-state index in [0.29, 0.717) is 31.4 Å². The quantitative estimate of drug-likeness (QED) is 0.196. The Morgan fingerprint density at radius 2 is 1.83 bits per heavy atom. The van der Waals surface area contributed by atoms with Crippen molar-refractivity contribution < 1.29 is 38.1 Å². The number of ether oxygens (including phenoxy) is 4. The molecule has 0 aliphatic carbocycles. The van der Waals surface area contributed by atoms with Gasteiger partial charge in [0.2, 0.25) is 12.7 Å². The summed E-state index contributed by atoms with van der Waals surface area (Å²) < 4.78 is 18.8. The molecule has 1 fully saturated rings. The molecular formula is C18H30N2O8S2. The van der Waals surface area contributed by atoms with Gasteiger partial charge in [-0.05, 0) is 32.0 Å². The number of nitrogens with one attached hydrogen (secondary N) is 1. The third kappa shape index (κ3) is 11.6. The Bertz CT molecular complexity index is 591. The van der Waals surface area contributed by atoms with E-state index in [1.807, 2.05) is 0 Å². The number of thiol groups is 1. The zero-order valence-electron chi connectivity index (χ0n) is 17.5. The lowest BCUT2D eigenvalue weighted by Gasteiger charge is -2.26. The zero-order valence-corrected chi connectivity index (χ0v) is 19.2. The van der Waals surface area contributed by atoms with Gasteiger partial charge < -0.3 is 24.3 Å². The molecule has 1 aliphatic rings. The van der Waals surface area contributed by atoms with Crippen LogP contribution < -0.4 is 5.32 Å². The normalized spacial score (nSPS) is 15.7. The van der Waals surface area contributed by atoms with Crippen molar-refractivity contribution >= 4 is 47.5 Å². The average molecular weight is 467 g/mol. The number of thioether (sulfide) groups is 1. The molecule has 1 rings (SSSR count). The van der Waals surface area contributed by atoms with Gasteiger partial charge in [0.1, 0.15) is 6.04 Å². The Morgan fingerprint density at radius 1 is 1.17 bits per heavy atom. The summed E-state index contributed by atoms with van der Waals surface area (Å²) in [6.45, 7) is 7.85. The van der Waals surface area contributed by atoms with Crippen LogP contribution in [0.1, 0.15) is 27.2 Å². The summed E-state index contributed by atoms with van der Waals surface area (Å²) in [4.78, 5) is 49.3. The highest BCUT2D eigenvalue weighted by Crippen LogP contribution is 2.14. The maximum Gasteiger partial charge on any atom is 0.370 e. The largest absolute Gasteiger partial charge is 0.464 e. The summed E-state index contributed by atoms with van der Waals surface area (Å²) >= 11 is 4.85. The minimum Gasteiger partial charge on any atom is -0.464 e. The fourth-order valence-electron chi connectivity index (χ4n) is 2.24. The molecule has 1 atom stereocenters. The number of esters is 2. The lowest BCUT2D eigenvalue weighted by molar-refractivity contribution is -0.148. The van der Waals surface area contributed by atoms with Crippen molar-refractivity contribution in [2.24, 2.45) is 0 Å². The first kappa shape index (κ1) is 26.5. The summed E-state index contributed by atoms with van der Waals surface area (Å²) in [5.41, 5.74) is 0. The van der Waals surface area contributed by atoms with Crippen LogP contribution in [-0.2, 0) is 33.3 Å². The van der Waals surface area contributed by atoms with Gasteiger partial charge in [-0.1, -0.05) is 0 Å². The van der Waals surface area contributed by atoms with Gasteiger partial charge in [0.05, 0.1) is 24.6 Å². The Balaban J connectivity index is 2.47. The van der Waals surface area contributed by atoms with E-state index in [1.165, 1.54) is 6.92 Å². The molecule has 0 spiro atoms. The number of amides is 1. The van der Waals surface area contributed by atoms with Crippen LogP contribution in [0.15, 0.2) is 0 Å². The van der Waals surface area contributed by atoms with Crippen LogP contribution in [0.5, 0.6) is 0 Å². The molecule has 0 unspecified atom stereocenters. The number of hydrogen-bond acceptors (Lipinski definition) is 11. The van der Waals surface area contributed by atoms with Crippen LogP contribution >= 0.6 is 24.4 Å². The molecule has 1 heterocycles. The van der Waals surface area contributed by atoms with Gasteiger partial charge in [-0.3, -0.25) is 14.5 Å². The fourth-order valence-corrected chi connectivity index (χ4v) is 2.96. The Hall–Kier alpha value is -1.50. The molecule has 0 aromatic rings. The van der Waals surface area contributed by atoms with Gasteiger partial charge in [0.25, 0.3) is 0 Å². The predicted octanol–water partition coefficient (Wildman–Crippen LogP) is 0.836. The average Bonchev–Trinajstić information content (AvgIpc) is 2.67. The SMILES string of the molecule is CC(=O)OCOC(=O)SC[C@H](NC(=O)C(C)(C)S)C(=O)OCCCN1CCOCC1. The smallest absolute Gasteiger partial charge is 0.370 e. The van der Waals surface area contributed by atoms with Crippen molar-refractivity contribution in [3.8, 4) is 0 Å². The second-order valence-corrected chi connectivity index (χ2v) is 9.09. The van der Waals surface area contributed by atoms with Gasteiger partial charge in [-0.15, -0.1) is 0 Å². The molecule has 0 radical (unpaired) electrons. The number of carbonyl (C=O) groups excluding carboxylic acids is 4. The second kappa shape index (κ2) is 13.7. The monoisotopic (exact) mass is 466 g/mol. The molecule has 1 saturated heterocycles. The zero-order chi connectivity index (χ0) is 22.6. The van der Waals surface area contributed by atoms with Crippen molar-refractivity contribution in [1.29, 1.82) is 0 Å². The molecule has 0 saturated carbocycles. The molecule has 10 nitrogen and oxygen atoms in total. The van der Waals surface area contributed by atoms with E-state index < -0.39 is 40.7 Å². The first-order valence-corrected chi connectivity index (χ1v) is 11.0. The lowest BCUT2D eigenvalue weighted by atomic mass is 10.2. The summed E-state index contributed by atoms with van der Waals surface area (Å²) in [6.07, 6.45) is 0.641. The van der Waals surface area contributed by atoms with E-state index in [4.69, 9.17) is 14.2 Å². The maximum absolute atomic E-state index is 12.4. The molecule has 1 N–H and O–H groups in total. The van der Waals surface area contributed by atoms with E-state index in [1.54, 1.807) is 13.8 Å². The summed E-state index contributed by atoms with van der Waals surface area (Å²) in [7, 11) is 0. The van der Waals surface area contributed by atoms with E-state index in [-0.39, 0.29) is 12.4 Å². The number of carbonyl (C=O) groups is 4. The van der Waals surface area contributed by atoms with Crippen molar-refractivity contribution in [1.82, 2.24) is 10.2 Å². The van der Waals surface area contributed by atoms with Crippen LogP contribution in [-0.4, -0.2) is 90.8 Å². The molecule has 172 valence electrons. The minimum absolute atomic E-state index is 0.100. The predicted molar refractivity (Wildman–Crippen MR) is 113 cm³/mol. The van der Waals surface area contributed by atoms with E-state index >= 15 is 0 Å². The first-order valence-electron chi connectivity index (χ1n) is 9.52. The second-order valence-electron chi connectivity index (χ2n) is 7.02. The highest BCUT2D eigenvalue weighted by atomic mass is 32.2. The van der Waals surface area contributed by atoms with Crippen LogP contribution in [0, 0.1) is 0 Å². The standard InChI is InChI=1S/C18H30N2O8S2/c1-13(21)27-12-28-17(24)30-11-14(19-16(23)18(2,3)29)15(22)26-8-4-5-20-6-9-25-10-7-20/h14,29H,4-12H2,1-3H3,(H,19,23)/t14-/m0/s1. The van der Waals surface area contributed by atoms with E-state index in [2.05, 4.69) is 27.6 Å². The number of hydrogen-bond donors (Lipinski definition) is 2. The summed E-state index contributed by atoms with van der Waals surface area (Å²) in [5, 5.41) is 1.80. The summed E-state index contributed by atoms with van der Waals surface area (Å²) in [5.74, 6) is -1.82.